The first-order chi connectivity index (χ1) is 12.0. The van der Waals surface area contributed by atoms with E-state index in [1.165, 1.54) is 6.07 Å². The first-order valence-electron chi connectivity index (χ1n) is 8.40. The molecule has 1 saturated heterocycles. The van der Waals surface area contributed by atoms with Gasteiger partial charge in [-0.1, -0.05) is 24.1 Å². The largest absolute Gasteiger partial charge is 0.345 e. The van der Waals surface area contributed by atoms with E-state index in [9.17, 15) is 9.18 Å². The average molecular weight is 365 g/mol. The molecular weight excluding hydrogens is 343 g/mol. The second kappa shape index (κ2) is 7.54. The Labute approximate surface area is 151 Å². The topological polar surface area (TPSA) is 52.2 Å². The van der Waals surface area contributed by atoms with Crippen molar-refractivity contribution in [3.8, 4) is 0 Å². The van der Waals surface area contributed by atoms with Gasteiger partial charge in [0.05, 0.1) is 28.5 Å². The molecule has 1 aromatic carbocycles. The number of aromatic amines is 1. The number of H-pyrrole nitrogens is 1. The normalized spacial score (nSPS) is 18.3. The van der Waals surface area contributed by atoms with Crippen LogP contribution in [0, 0.1) is 5.82 Å². The molecule has 1 atom stereocenters. The number of nitrogens with zero attached hydrogens (tertiary/aromatic N) is 3. The molecule has 0 radical (unpaired) electrons. The molecule has 0 spiro atoms. The quantitative estimate of drug-likeness (QED) is 0.901. The lowest BCUT2D eigenvalue weighted by molar-refractivity contribution is 0.0819. The number of carbonyl (C=O) groups is 1. The predicted octanol–water partition coefficient (Wildman–Crippen LogP) is 3.63. The number of carbonyl (C=O) groups excluding carboxylic acids is 1. The molecule has 1 N–H and O–H groups in total. The van der Waals surface area contributed by atoms with Gasteiger partial charge in [-0.2, -0.15) is 5.10 Å². The van der Waals surface area contributed by atoms with E-state index in [1.807, 2.05) is 0 Å². The summed E-state index contributed by atoms with van der Waals surface area (Å²) in [7, 11) is 3.47. The molecule has 1 aromatic heterocycles. The second-order valence-electron chi connectivity index (χ2n) is 6.63. The van der Waals surface area contributed by atoms with Gasteiger partial charge in [0.1, 0.15) is 5.82 Å². The van der Waals surface area contributed by atoms with Crippen LogP contribution in [0.2, 0.25) is 5.02 Å². The molecule has 1 aliphatic rings. The molecule has 0 aliphatic carbocycles. The number of rotatable bonds is 4. The van der Waals surface area contributed by atoms with Crippen LogP contribution in [-0.4, -0.2) is 46.5 Å². The maximum absolute atomic E-state index is 13.4. The summed E-state index contributed by atoms with van der Waals surface area (Å²) < 4.78 is 13.4. The van der Waals surface area contributed by atoms with E-state index < -0.39 is 5.82 Å². The Bertz CT molecular complexity index is 761. The van der Waals surface area contributed by atoms with E-state index in [0.29, 0.717) is 12.1 Å². The van der Waals surface area contributed by atoms with Gasteiger partial charge in [0.25, 0.3) is 5.91 Å². The number of aromatic nitrogens is 2. The van der Waals surface area contributed by atoms with E-state index in [-0.39, 0.29) is 17.0 Å². The fourth-order valence-corrected chi connectivity index (χ4v) is 3.54. The van der Waals surface area contributed by atoms with Crippen LogP contribution in [0.25, 0.3) is 0 Å². The summed E-state index contributed by atoms with van der Waals surface area (Å²) >= 11 is 5.91. The highest BCUT2D eigenvalue weighted by Crippen LogP contribution is 2.33. The number of benzene rings is 1. The summed E-state index contributed by atoms with van der Waals surface area (Å²) in [6.45, 7) is 1.56. The fraction of sp³-hybridized carbons (Fsp3) is 0.444. The highest BCUT2D eigenvalue weighted by molar-refractivity contribution is 6.30. The van der Waals surface area contributed by atoms with E-state index in [0.717, 1.165) is 37.1 Å². The maximum Gasteiger partial charge on any atom is 0.256 e. The molecule has 1 amide bonds. The van der Waals surface area contributed by atoms with Gasteiger partial charge in [-0.05, 0) is 37.1 Å². The Kier molecular flexibility index (Phi) is 5.39. The summed E-state index contributed by atoms with van der Waals surface area (Å²) in [6, 6.07) is 4.90. The van der Waals surface area contributed by atoms with Gasteiger partial charge in [-0.25, -0.2) is 4.39 Å². The number of amides is 1. The van der Waals surface area contributed by atoms with Gasteiger partial charge in [0.15, 0.2) is 0 Å². The van der Waals surface area contributed by atoms with Crippen molar-refractivity contribution in [1.29, 1.82) is 0 Å². The minimum Gasteiger partial charge on any atom is -0.345 e. The first kappa shape index (κ1) is 17.9. The van der Waals surface area contributed by atoms with Crippen molar-refractivity contribution < 1.29 is 9.18 Å². The zero-order chi connectivity index (χ0) is 18.0. The Morgan fingerprint density at radius 1 is 1.44 bits per heavy atom. The van der Waals surface area contributed by atoms with Crippen molar-refractivity contribution in [2.75, 3.05) is 20.6 Å². The lowest BCUT2D eigenvalue weighted by atomic mass is 9.96. The third kappa shape index (κ3) is 3.85. The van der Waals surface area contributed by atoms with E-state index in [2.05, 4.69) is 15.1 Å². The molecule has 1 aliphatic heterocycles. The minimum atomic E-state index is -0.409. The highest BCUT2D eigenvalue weighted by Gasteiger charge is 2.29. The molecule has 3 rings (SSSR count). The highest BCUT2D eigenvalue weighted by atomic mass is 35.5. The number of halogens is 2. The molecule has 0 saturated carbocycles. The van der Waals surface area contributed by atoms with Gasteiger partial charge in [-0.15, -0.1) is 0 Å². The number of nitrogens with one attached hydrogen (secondary N) is 1. The fourth-order valence-electron chi connectivity index (χ4n) is 3.34. The smallest absolute Gasteiger partial charge is 0.256 e. The molecule has 0 bridgehead atoms. The van der Waals surface area contributed by atoms with Crippen LogP contribution in [0.1, 0.15) is 46.9 Å². The molecule has 7 heteroatoms. The molecule has 134 valence electrons. The Balaban J connectivity index is 1.85. The molecule has 2 heterocycles. The van der Waals surface area contributed by atoms with Crippen LogP contribution in [0.15, 0.2) is 24.4 Å². The zero-order valence-electron chi connectivity index (χ0n) is 14.4. The third-order valence-electron chi connectivity index (χ3n) is 4.62. The van der Waals surface area contributed by atoms with Crippen molar-refractivity contribution in [1.82, 2.24) is 20.0 Å². The van der Waals surface area contributed by atoms with Crippen LogP contribution >= 0.6 is 11.6 Å². The number of hydrogen-bond acceptors (Lipinski definition) is 3. The van der Waals surface area contributed by atoms with Gasteiger partial charge >= 0.3 is 0 Å². The van der Waals surface area contributed by atoms with Gasteiger partial charge in [0.2, 0.25) is 0 Å². The SMILES string of the molecule is CN(C)C(=O)c1cn[nH]c1C1CCCCN1Cc1ccc(F)c(Cl)c1. The lowest BCUT2D eigenvalue weighted by Crippen LogP contribution is -2.34. The van der Waals surface area contributed by atoms with Crippen LogP contribution in [0.5, 0.6) is 0 Å². The summed E-state index contributed by atoms with van der Waals surface area (Å²) in [6.07, 6.45) is 4.74. The Morgan fingerprint density at radius 2 is 2.24 bits per heavy atom. The summed E-state index contributed by atoms with van der Waals surface area (Å²) in [5.74, 6) is -0.466. The standard InChI is InChI=1S/C18H22ClFN4O/c1-23(2)18(25)13-10-21-22-17(13)16-5-3-4-8-24(16)11-12-6-7-15(20)14(19)9-12/h6-7,9-10,16H,3-5,8,11H2,1-2H3,(H,21,22). The Hall–Kier alpha value is -1.92. The minimum absolute atomic E-state index is 0.0564. The molecule has 2 aromatic rings. The third-order valence-corrected chi connectivity index (χ3v) is 4.91. The predicted molar refractivity (Wildman–Crippen MR) is 95.0 cm³/mol. The van der Waals surface area contributed by atoms with Crippen molar-refractivity contribution in [2.45, 2.75) is 31.8 Å². The van der Waals surface area contributed by atoms with Crippen LogP contribution in [0.4, 0.5) is 4.39 Å². The van der Waals surface area contributed by atoms with Crippen LogP contribution in [-0.2, 0) is 6.54 Å². The molecule has 1 unspecified atom stereocenters. The van der Waals surface area contributed by atoms with Gasteiger partial charge in [0, 0.05) is 20.6 Å². The van der Waals surface area contributed by atoms with E-state index >= 15 is 0 Å². The van der Waals surface area contributed by atoms with E-state index in [4.69, 9.17) is 11.6 Å². The zero-order valence-corrected chi connectivity index (χ0v) is 15.2. The van der Waals surface area contributed by atoms with Crippen molar-refractivity contribution >= 4 is 17.5 Å². The van der Waals surface area contributed by atoms with Gasteiger partial charge < -0.3 is 4.90 Å². The number of hydrogen-bond donors (Lipinski definition) is 1. The molecule has 5 nitrogen and oxygen atoms in total. The van der Waals surface area contributed by atoms with E-state index in [1.54, 1.807) is 37.3 Å². The van der Waals surface area contributed by atoms with Crippen molar-refractivity contribution in [3.05, 3.63) is 52.1 Å². The summed E-state index contributed by atoms with van der Waals surface area (Å²) in [4.78, 5) is 16.3. The van der Waals surface area contributed by atoms with Crippen molar-refractivity contribution in [3.63, 3.8) is 0 Å². The molecule has 1 fully saturated rings. The average Bonchev–Trinajstić information content (AvgIpc) is 3.07. The maximum atomic E-state index is 13.4. The lowest BCUT2D eigenvalue weighted by Gasteiger charge is -2.35. The number of likely N-dealkylation sites (tertiary alicyclic amines) is 1. The number of piperidine rings is 1. The summed E-state index contributed by atoms with van der Waals surface area (Å²) in [5, 5.41) is 7.26. The van der Waals surface area contributed by atoms with Gasteiger partial charge in [-0.3, -0.25) is 14.8 Å². The van der Waals surface area contributed by atoms with Crippen LogP contribution in [0.3, 0.4) is 0 Å². The Morgan fingerprint density at radius 3 is 2.96 bits per heavy atom. The first-order valence-corrected chi connectivity index (χ1v) is 8.78. The molecule has 25 heavy (non-hydrogen) atoms. The monoisotopic (exact) mass is 364 g/mol. The van der Waals surface area contributed by atoms with Crippen molar-refractivity contribution in [2.24, 2.45) is 0 Å². The second-order valence-corrected chi connectivity index (χ2v) is 7.03. The van der Waals surface area contributed by atoms with Crippen LogP contribution < -0.4 is 0 Å². The summed E-state index contributed by atoms with van der Waals surface area (Å²) in [5.41, 5.74) is 2.42. The molecular formula is C18H22ClFN4O.